The minimum absolute atomic E-state index is 0.0415. The second-order valence-corrected chi connectivity index (χ2v) is 1.94. The quantitative estimate of drug-likeness (QED) is 0.462. The summed E-state index contributed by atoms with van der Waals surface area (Å²) in [6.07, 6.45) is -0.168. The summed E-state index contributed by atoms with van der Waals surface area (Å²) in [6.45, 7) is 0. The lowest BCUT2D eigenvalue weighted by Crippen LogP contribution is -1.87. The molecule has 0 fully saturated rings. The maximum atomic E-state index is 12.5. The van der Waals surface area contributed by atoms with E-state index in [1.165, 1.54) is 0 Å². The molecule has 0 unspecified atom stereocenters. The van der Waals surface area contributed by atoms with Gasteiger partial charge >= 0.3 is 0 Å². The molecular weight excluding hydrogens is 157 g/mol. The van der Waals surface area contributed by atoms with Crippen molar-refractivity contribution in [3.05, 3.63) is 28.8 Å². The Labute approximate surface area is 63.1 Å². The van der Waals surface area contributed by atoms with E-state index in [2.05, 4.69) is 4.98 Å². The van der Waals surface area contributed by atoms with Crippen LogP contribution in [0.3, 0.4) is 0 Å². The molecule has 0 aromatic carbocycles. The third-order valence-electron chi connectivity index (χ3n) is 0.908. The van der Waals surface area contributed by atoms with E-state index in [1.54, 1.807) is 0 Å². The average molecular weight is 161 g/mol. The predicted octanol–water partition coefficient (Wildman–Crippen LogP) is 1.69. The lowest BCUT2D eigenvalue weighted by atomic mass is 10.3. The lowest BCUT2D eigenvalue weighted by Gasteiger charge is -1.92. The number of carbonyl (C=O) groups excluding carboxylic acids is 1. The van der Waals surface area contributed by atoms with Crippen molar-refractivity contribution in [1.82, 2.24) is 4.98 Å². The molecule has 4 heteroatoms. The molecule has 1 heterocycles. The molecular formula is C6H3ClFNO. The van der Waals surface area contributed by atoms with E-state index in [4.69, 9.17) is 13.0 Å². The van der Waals surface area contributed by atoms with Crippen LogP contribution >= 0.6 is 11.6 Å². The molecule has 0 aliphatic carbocycles. The van der Waals surface area contributed by atoms with Crippen LogP contribution in [0.5, 0.6) is 0 Å². The summed E-state index contributed by atoms with van der Waals surface area (Å²) in [4.78, 5) is 13.4. The van der Waals surface area contributed by atoms with Gasteiger partial charge in [-0.15, -0.1) is 0 Å². The molecule has 2 nitrogen and oxygen atoms in total. The van der Waals surface area contributed by atoms with Crippen molar-refractivity contribution in [3.8, 4) is 0 Å². The van der Waals surface area contributed by atoms with Crippen molar-refractivity contribution >= 4 is 17.9 Å². The van der Waals surface area contributed by atoms with Crippen LogP contribution in [0.15, 0.2) is 12.2 Å². The monoisotopic (exact) mass is 160 g/mol. The molecule has 0 radical (unpaired) electrons. The second kappa shape index (κ2) is 2.75. The van der Waals surface area contributed by atoms with Crippen LogP contribution in [0.4, 0.5) is 4.39 Å². The number of nitrogens with zero attached hydrogens (tertiary/aromatic N) is 1. The Morgan fingerprint density at radius 1 is 1.90 bits per heavy atom. The first-order chi connectivity index (χ1) is 5.15. The van der Waals surface area contributed by atoms with E-state index >= 15 is 0 Å². The number of aldehydes is 1. The summed E-state index contributed by atoms with van der Waals surface area (Å²) in [7, 11) is 0. The zero-order valence-electron chi connectivity index (χ0n) is 5.77. The highest BCUT2D eigenvalue weighted by molar-refractivity contribution is 6.31. The predicted molar refractivity (Wildman–Crippen MR) is 34.6 cm³/mol. The van der Waals surface area contributed by atoms with Crippen molar-refractivity contribution < 1.29 is 10.6 Å². The Bertz CT molecular complexity index is 305. The topological polar surface area (TPSA) is 30.0 Å². The van der Waals surface area contributed by atoms with Crippen LogP contribution in [0.2, 0.25) is 5.15 Å². The summed E-state index contributed by atoms with van der Waals surface area (Å²) in [5, 5.41) is -0.147. The first kappa shape index (κ1) is 5.80. The van der Waals surface area contributed by atoms with Gasteiger partial charge in [0.25, 0.3) is 0 Å². The maximum Gasteiger partial charge on any atom is 0.153 e. The normalized spacial score (nSPS) is 10.8. The minimum atomic E-state index is -0.850. The summed E-state index contributed by atoms with van der Waals surface area (Å²) < 4.78 is 19.3. The summed E-state index contributed by atoms with van der Waals surface area (Å²) in [6, 6.07) is 0.880. The maximum absolute atomic E-state index is 12.5. The molecule has 0 N–H and O–H groups in total. The number of halogens is 2. The first-order valence-electron chi connectivity index (χ1n) is 2.93. The van der Waals surface area contributed by atoms with E-state index < -0.39 is 12.0 Å². The lowest BCUT2D eigenvalue weighted by molar-refractivity contribution is 0.112. The van der Waals surface area contributed by atoms with E-state index in [0.717, 1.165) is 6.07 Å². The van der Waals surface area contributed by atoms with Crippen molar-refractivity contribution in [2.75, 3.05) is 0 Å². The van der Waals surface area contributed by atoms with Gasteiger partial charge in [-0.3, -0.25) is 4.79 Å². The second-order valence-electron chi connectivity index (χ2n) is 1.58. The fraction of sp³-hybridized carbons (Fsp3) is 0. The average Bonchev–Trinajstić information content (AvgIpc) is 1.97. The van der Waals surface area contributed by atoms with Crippen molar-refractivity contribution in [1.29, 1.82) is 0 Å². The Kier molecular flexibility index (Phi) is 1.59. The number of rotatable bonds is 1. The molecule has 0 amide bonds. The van der Waals surface area contributed by atoms with E-state index in [0.29, 0.717) is 6.29 Å². The highest BCUT2D eigenvalue weighted by Gasteiger charge is 2.00. The summed E-state index contributed by atoms with van der Waals surface area (Å²) in [5.74, 6) is -0.850. The van der Waals surface area contributed by atoms with Crippen LogP contribution in [-0.4, -0.2) is 11.3 Å². The highest BCUT2D eigenvalue weighted by Crippen LogP contribution is 2.10. The van der Waals surface area contributed by atoms with Gasteiger partial charge < -0.3 is 0 Å². The van der Waals surface area contributed by atoms with Crippen molar-refractivity contribution in [2.24, 2.45) is 0 Å². The molecule has 0 bridgehead atoms. The van der Waals surface area contributed by atoms with Gasteiger partial charge in [-0.1, -0.05) is 11.6 Å². The molecule has 1 aromatic rings. The Balaban J connectivity index is 3.31. The zero-order valence-corrected chi connectivity index (χ0v) is 5.52. The van der Waals surface area contributed by atoms with Crippen LogP contribution in [-0.2, 0) is 0 Å². The SMILES string of the molecule is [2H]c1nc(Cl)c(C=O)cc1F. The zero-order chi connectivity index (χ0) is 8.43. The summed E-state index contributed by atoms with van der Waals surface area (Å²) in [5.41, 5.74) is -0.0415. The molecule has 0 aliphatic heterocycles. The fourth-order valence-corrected chi connectivity index (χ4v) is 0.619. The van der Waals surface area contributed by atoms with Crippen LogP contribution in [0.1, 0.15) is 11.7 Å². The first-order valence-corrected chi connectivity index (χ1v) is 2.80. The molecule has 52 valence electrons. The molecule has 1 aromatic heterocycles. The number of hydrogen-bond acceptors (Lipinski definition) is 2. The van der Waals surface area contributed by atoms with Gasteiger partial charge in [-0.2, -0.15) is 0 Å². The molecule has 1 rings (SSSR count). The number of carbonyl (C=O) groups is 1. The fourth-order valence-electron chi connectivity index (χ4n) is 0.478. The highest BCUT2D eigenvalue weighted by atomic mass is 35.5. The van der Waals surface area contributed by atoms with Crippen molar-refractivity contribution in [3.63, 3.8) is 0 Å². The molecule has 0 aliphatic rings. The Morgan fingerprint density at radius 3 is 3.20 bits per heavy atom. The standard InChI is InChI=1S/C6H3ClFNO/c7-6-4(3-10)1-5(8)2-9-6/h1-3H/i2D. The van der Waals surface area contributed by atoms with Crippen LogP contribution < -0.4 is 0 Å². The molecule has 0 atom stereocenters. The van der Waals surface area contributed by atoms with Gasteiger partial charge in [-0.05, 0) is 6.07 Å². The molecule has 0 saturated carbocycles. The van der Waals surface area contributed by atoms with E-state index in [9.17, 15) is 9.18 Å². The number of aromatic nitrogens is 1. The Morgan fingerprint density at radius 2 is 2.60 bits per heavy atom. The van der Waals surface area contributed by atoms with E-state index in [-0.39, 0.29) is 10.7 Å². The van der Waals surface area contributed by atoms with Gasteiger partial charge in [-0.25, -0.2) is 9.37 Å². The Hall–Kier alpha value is -0.960. The largest absolute Gasteiger partial charge is 0.298 e. The van der Waals surface area contributed by atoms with E-state index in [1.807, 2.05) is 0 Å². The van der Waals surface area contributed by atoms with Gasteiger partial charge in [0.1, 0.15) is 11.0 Å². The third kappa shape index (κ3) is 1.30. The van der Waals surface area contributed by atoms with Gasteiger partial charge in [0.15, 0.2) is 6.29 Å². The van der Waals surface area contributed by atoms with Crippen LogP contribution in [0, 0.1) is 5.82 Å². The van der Waals surface area contributed by atoms with Crippen LogP contribution in [0.25, 0.3) is 0 Å². The molecule has 0 saturated heterocycles. The molecule has 10 heavy (non-hydrogen) atoms. The number of hydrogen-bond donors (Lipinski definition) is 0. The smallest absolute Gasteiger partial charge is 0.153 e. The summed E-state index contributed by atoms with van der Waals surface area (Å²) >= 11 is 5.37. The van der Waals surface area contributed by atoms with Crippen molar-refractivity contribution in [2.45, 2.75) is 0 Å². The van der Waals surface area contributed by atoms with Gasteiger partial charge in [0, 0.05) is 0 Å². The van der Waals surface area contributed by atoms with Gasteiger partial charge in [0.05, 0.1) is 13.1 Å². The van der Waals surface area contributed by atoms with Gasteiger partial charge in [0.2, 0.25) is 0 Å². The third-order valence-corrected chi connectivity index (χ3v) is 1.21. The number of pyridine rings is 1. The molecule has 0 spiro atoms. The minimum Gasteiger partial charge on any atom is -0.298 e.